The number of amides is 1. The largest absolute Gasteiger partial charge is 0.462 e. The summed E-state index contributed by atoms with van der Waals surface area (Å²) in [7, 11) is 0. The van der Waals surface area contributed by atoms with Crippen LogP contribution in [0.4, 0.5) is 5.00 Å². The van der Waals surface area contributed by atoms with Gasteiger partial charge in [0.2, 0.25) is 0 Å². The zero-order valence-electron chi connectivity index (χ0n) is 15.9. The maximum Gasteiger partial charge on any atom is 0.349 e. The van der Waals surface area contributed by atoms with Crippen LogP contribution < -0.4 is 5.32 Å². The van der Waals surface area contributed by atoms with Gasteiger partial charge in [0.1, 0.15) is 15.5 Å². The fraction of sp³-hybridized carbons (Fsp3) is 0.368. The normalized spacial score (nSPS) is 11.0. The summed E-state index contributed by atoms with van der Waals surface area (Å²) in [5, 5.41) is 2.91. The van der Waals surface area contributed by atoms with Gasteiger partial charge < -0.3 is 14.8 Å². The van der Waals surface area contributed by atoms with Crippen molar-refractivity contribution >= 4 is 34.2 Å². The van der Waals surface area contributed by atoms with Crippen molar-refractivity contribution < 1.29 is 23.9 Å². The molecule has 8 heteroatoms. The van der Waals surface area contributed by atoms with Gasteiger partial charge in [-0.3, -0.25) is 9.78 Å². The molecule has 2 aromatic heterocycles. The molecule has 2 aromatic rings. The second-order valence-corrected chi connectivity index (χ2v) is 7.70. The number of esters is 2. The minimum atomic E-state index is -0.684. The van der Waals surface area contributed by atoms with Gasteiger partial charge in [0.15, 0.2) is 0 Å². The molecule has 144 valence electrons. The smallest absolute Gasteiger partial charge is 0.349 e. The number of aromatic nitrogens is 1. The number of anilines is 1. The highest BCUT2D eigenvalue weighted by molar-refractivity contribution is 7.18. The van der Waals surface area contributed by atoms with Crippen LogP contribution in [0.1, 0.15) is 63.6 Å². The van der Waals surface area contributed by atoms with Gasteiger partial charge >= 0.3 is 11.9 Å². The molecule has 0 aromatic carbocycles. The third-order valence-electron chi connectivity index (χ3n) is 3.36. The van der Waals surface area contributed by atoms with E-state index in [2.05, 4.69) is 10.3 Å². The Labute approximate surface area is 161 Å². The quantitative estimate of drug-likeness (QED) is 0.780. The van der Waals surface area contributed by atoms with Crippen LogP contribution in [-0.2, 0) is 9.47 Å². The molecular weight excluding hydrogens is 368 g/mol. The molecule has 0 atom stereocenters. The Hall–Kier alpha value is -2.74. The SMILES string of the molecule is CCOC(=O)c1c(NC(=O)c2cccnc2)sc(C(=O)OC(C)(C)C)c1C. The lowest BCUT2D eigenvalue weighted by molar-refractivity contribution is 0.00744. The number of pyridine rings is 1. The van der Waals surface area contributed by atoms with E-state index in [1.54, 1.807) is 52.9 Å². The summed E-state index contributed by atoms with van der Waals surface area (Å²) >= 11 is 0.984. The summed E-state index contributed by atoms with van der Waals surface area (Å²) in [4.78, 5) is 41.5. The average molecular weight is 390 g/mol. The Kier molecular flexibility index (Phi) is 6.32. The lowest BCUT2D eigenvalue weighted by atomic mass is 10.1. The van der Waals surface area contributed by atoms with Crippen molar-refractivity contribution in [2.24, 2.45) is 0 Å². The topological polar surface area (TPSA) is 94.6 Å². The number of carbonyl (C=O) groups is 3. The van der Waals surface area contributed by atoms with E-state index < -0.39 is 23.4 Å². The number of ether oxygens (including phenoxy) is 2. The molecule has 0 aliphatic heterocycles. The van der Waals surface area contributed by atoms with Crippen LogP contribution in [0.3, 0.4) is 0 Å². The lowest BCUT2D eigenvalue weighted by Gasteiger charge is -2.19. The van der Waals surface area contributed by atoms with Gasteiger partial charge in [-0.25, -0.2) is 9.59 Å². The van der Waals surface area contributed by atoms with Crippen molar-refractivity contribution in [2.45, 2.75) is 40.2 Å². The Morgan fingerprint density at radius 1 is 1.22 bits per heavy atom. The number of carbonyl (C=O) groups excluding carboxylic acids is 3. The summed E-state index contributed by atoms with van der Waals surface area (Å²) < 4.78 is 10.5. The molecule has 7 nitrogen and oxygen atoms in total. The number of hydrogen-bond acceptors (Lipinski definition) is 7. The summed E-state index contributed by atoms with van der Waals surface area (Å²) in [5.74, 6) is -1.61. The van der Waals surface area contributed by atoms with E-state index in [0.29, 0.717) is 11.1 Å². The van der Waals surface area contributed by atoms with Crippen LogP contribution in [0.2, 0.25) is 0 Å². The zero-order valence-corrected chi connectivity index (χ0v) is 16.7. The van der Waals surface area contributed by atoms with E-state index in [4.69, 9.17) is 9.47 Å². The summed E-state index contributed by atoms with van der Waals surface area (Å²) in [5.41, 5.74) is 0.211. The predicted octanol–water partition coefficient (Wildman–Crippen LogP) is 3.84. The van der Waals surface area contributed by atoms with Gasteiger partial charge in [0, 0.05) is 12.4 Å². The second-order valence-electron chi connectivity index (χ2n) is 6.68. The summed E-state index contributed by atoms with van der Waals surface area (Å²) in [6, 6.07) is 3.23. The minimum Gasteiger partial charge on any atom is -0.462 e. The standard InChI is InChI=1S/C19H22N2O5S/c1-6-25-17(23)13-11(2)14(18(24)26-19(3,4)5)27-16(13)21-15(22)12-8-7-9-20-10-12/h7-10H,6H2,1-5H3,(H,21,22). The Morgan fingerprint density at radius 2 is 1.93 bits per heavy atom. The fourth-order valence-electron chi connectivity index (χ4n) is 2.24. The van der Waals surface area contributed by atoms with Gasteiger partial charge in [-0.2, -0.15) is 0 Å². The van der Waals surface area contributed by atoms with E-state index in [1.807, 2.05) is 0 Å². The maximum atomic E-state index is 12.5. The number of thiophene rings is 1. The molecular formula is C19H22N2O5S. The van der Waals surface area contributed by atoms with Crippen LogP contribution in [0, 0.1) is 6.92 Å². The first-order chi connectivity index (χ1) is 12.6. The molecule has 2 heterocycles. The molecule has 0 aliphatic carbocycles. The molecule has 0 spiro atoms. The highest BCUT2D eigenvalue weighted by Crippen LogP contribution is 2.35. The van der Waals surface area contributed by atoms with Crippen LogP contribution in [0.5, 0.6) is 0 Å². The summed E-state index contributed by atoms with van der Waals surface area (Å²) in [6.07, 6.45) is 2.96. The van der Waals surface area contributed by atoms with Crippen molar-refractivity contribution in [1.29, 1.82) is 0 Å². The van der Waals surface area contributed by atoms with Crippen molar-refractivity contribution in [3.8, 4) is 0 Å². The van der Waals surface area contributed by atoms with Crippen LogP contribution in [-0.4, -0.2) is 35.0 Å². The molecule has 1 amide bonds. The Balaban J connectivity index is 2.42. The van der Waals surface area contributed by atoms with Crippen LogP contribution in [0.25, 0.3) is 0 Å². The van der Waals surface area contributed by atoms with Crippen molar-refractivity contribution in [3.63, 3.8) is 0 Å². The number of rotatable bonds is 5. The van der Waals surface area contributed by atoms with Gasteiger partial charge in [0.05, 0.1) is 17.7 Å². The predicted molar refractivity (Wildman–Crippen MR) is 102 cm³/mol. The molecule has 0 unspecified atom stereocenters. The van der Waals surface area contributed by atoms with E-state index in [9.17, 15) is 14.4 Å². The molecule has 1 N–H and O–H groups in total. The van der Waals surface area contributed by atoms with Crippen molar-refractivity contribution in [1.82, 2.24) is 4.98 Å². The maximum absolute atomic E-state index is 12.5. The highest BCUT2D eigenvalue weighted by Gasteiger charge is 2.29. The molecule has 27 heavy (non-hydrogen) atoms. The van der Waals surface area contributed by atoms with E-state index in [0.717, 1.165) is 11.3 Å². The molecule has 0 saturated heterocycles. The molecule has 0 aliphatic rings. The summed E-state index contributed by atoms with van der Waals surface area (Å²) in [6.45, 7) is 8.75. The third kappa shape index (κ3) is 5.13. The van der Waals surface area contributed by atoms with Crippen LogP contribution in [0.15, 0.2) is 24.5 Å². The fourth-order valence-corrected chi connectivity index (χ4v) is 3.31. The number of nitrogens with one attached hydrogen (secondary N) is 1. The Bertz CT molecular complexity index is 853. The third-order valence-corrected chi connectivity index (χ3v) is 4.55. The molecule has 0 radical (unpaired) electrons. The first kappa shape index (κ1) is 20.6. The van der Waals surface area contributed by atoms with Gasteiger partial charge in [0.25, 0.3) is 5.91 Å². The first-order valence-electron chi connectivity index (χ1n) is 8.39. The lowest BCUT2D eigenvalue weighted by Crippen LogP contribution is -2.23. The molecule has 2 rings (SSSR count). The average Bonchev–Trinajstić information content (AvgIpc) is 2.90. The van der Waals surface area contributed by atoms with Gasteiger partial charge in [-0.15, -0.1) is 11.3 Å². The highest BCUT2D eigenvalue weighted by atomic mass is 32.1. The zero-order chi connectivity index (χ0) is 20.2. The van der Waals surface area contributed by atoms with Crippen molar-refractivity contribution in [3.05, 3.63) is 46.1 Å². The van der Waals surface area contributed by atoms with Gasteiger partial charge in [-0.05, 0) is 52.3 Å². The molecule has 0 fully saturated rings. The van der Waals surface area contributed by atoms with E-state index >= 15 is 0 Å². The van der Waals surface area contributed by atoms with Crippen LogP contribution >= 0.6 is 11.3 Å². The minimum absolute atomic E-state index is 0.153. The van der Waals surface area contributed by atoms with Gasteiger partial charge in [-0.1, -0.05) is 0 Å². The first-order valence-corrected chi connectivity index (χ1v) is 9.21. The van der Waals surface area contributed by atoms with E-state index in [-0.39, 0.29) is 22.0 Å². The number of nitrogens with zero attached hydrogens (tertiary/aromatic N) is 1. The Morgan fingerprint density at radius 3 is 2.48 bits per heavy atom. The monoisotopic (exact) mass is 390 g/mol. The number of hydrogen-bond donors (Lipinski definition) is 1. The van der Waals surface area contributed by atoms with Crippen molar-refractivity contribution in [2.75, 3.05) is 11.9 Å². The second kappa shape index (κ2) is 8.30. The molecule has 0 bridgehead atoms. The molecule has 0 saturated carbocycles. The van der Waals surface area contributed by atoms with E-state index in [1.165, 1.54) is 6.20 Å².